The molecule has 0 aliphatic heterocycles. The van der Waals surface area contributed by atoms with Gasteiger partial charge in [-0.15, -0.1) is 0 Å². The Morgan fingerprint density at radius 1 is 0.905 bits per heavy atom. The zero-order valence-corrected chi connectivity index (χ0v) is 11.3. The number of nitrogens with zero attached hydrogens (tertiary/aromatic N) is 2. The molecule has 0 radical (unpaired) electrons. The zero-order valence-electron chi connectivity index (χ0n) is 11.3. The van der Waals surface area contributed by atoms with Crippen LogP contribution >= 0.6 is 0 Å². The van der Waals surface area contributed by atoms with Gasteiger partial charge in [-0.1, -0.05) is 48.5 Å². The first-order valence-corrected chi connectivity index (χ1v) is 6.92. The molecular formula is C18H14N2O. The number of fused-ring (bicyclic) bond motifs is 2. The smallest absolute Gasteiger partial charge is 0.137 e. The fourth-order valence-electron chi connectivity index (χ4n) is 2.73. The maximum Gasteiger partial charge on any atom is 0.137 e. The average molecular weight is 274 g/mol. The number of hydrogen-bond acceptors (Lipinski definition) is 2. The number of benzene rings is 2. The van der Waals surface area contributed by atoms with E-state index >= 15 is 0 Å². The summed E-state index contributed by atoms with van der Waals surface area (Å²) in [5.41, 5.74) is 2.39. The molecule has 0 fully saturated rings. The molecule has 4 rings (SSSR count). The molecule has 2 aromatic heterocycles. The zero-order chi connectivity index (χ0) is 14.2. The molecule has 0 amide bonds. The Bertz CT molecular complexity index is 888. The molecule has 3 heteroatoms. The van der Waals surface area contributed by atoms with E-state index in [-0.39, 0.29) is 0 Å². The van der Waals surface area contributed by atoms with Gasteiger partial charge in [-0.25, -0.2) is 4.98 Å². The molecule has 4 aromatic rings. The van der Waals surface area contributed by atoms with Crippen LogP contribution in [0.5, 0.6) is 0 Å². The lowest BCUT2D eigenvalue weighted by Gasteiger charge is -2.11. The van der Waals surface area contributed by atoms with Gasteiger partial charge in [0.2, 0.25) is 0 Å². The summed E-state index contributed by atoms with van der Waals surface area (Å²) >= 11 is 0. The first-order valence-electron chi connectivity index (χ1n) is 6.92. The van der Waals surface area contributed by atoms with E-state index in [2.05, 4.69) is 17.1 Å². The van der Waals surface area contributed by atoms with Crippen molar-refractivity contribution in [1.29, 1.82) is 0 Å². The average Bonchev–Trinajstić information content (AvgIpc) is 2.97. The molecule has 1 N–H and O–H groups in total. The molecule has 0 spiro atoms. The number of imidazole rings is 1. The van der Waals surface area contributed by atoms with E-state index in [9.17, 15) is 5.11 Å². The topological polar surface area (TPSA) is 37.5 Å². The number of aliphatic hydroxyl groups is 1. The molecule has 0 saturated heterocycles. The second kappa shape index (κ2) is 4.72. The molecule has 0 aliphatic rings. The summed E-state index contributed by atoms with van der Waals surface area (Å²) in [6, 6.07) is 19.9. The van der Waals surface area contributed by atoms with Gasteiger partial charge in [-0.3, -0.25) is 0 Å². The predicted octanol–water partition coefficient (Wildman–Crippen LogP) is 3.57. The highest BCUT2D eigenvalue weighted by molar-refractivity contribution is 5.86. The molecule has 0 bridgehead atoms. The van der Waals surface area contributed by atoms with E-state index in [1.54, 1.807) is 0 Å². The van der Waals surface area contributed by atoms with Crippen LogP contribution in [-0.4, -0.2) is 14.5 Å². The lowest BCUT2D eigenvalue weighted by Crippen LogP contribution is -2.00. The largest absolute Gasteiger partial charge is 0.382 e. The number of pyridine rings is 1. The molecule has 2 aromatic carbocycles. The second-order valence-electron chi connectivity index (χ2n) is 5.10. The quantitative estimate of drug-likeness (QED) is 0.607. The number of aromatic nitrogens is 2. The third-order valence-corrected chi connectivity index (χ3v) is 3.78. The SMILES string of the molecule is OC(c1cn2ccccc2n1)c1cccc2ccccc12. The van der Waals surface area contributed by atoms with E-state index in [4.69, 9.17) is 0 Å². The Morgan fingerprint density at radius 3 is 2.62 bits per heavy atom. The minimum Gasteiger partial charge on any atom is -0.382 e. The van der Waals surface area contributed by atoms with Gasteiger partial charge >= 0.3 is 0 Å². The first kappa shape index (κ1) is 12.1. The normalized spacial score (nSPS) is 12.8. The molecule has 0 aliphatic carbocycles. The van der Waals surface area contributed by atoms with Crippen molar-refractivity contribution in [3.05, 3.63) is 84.3 Å². The minimum atomic E-state index is -0.726. The highest BCUT2D eigenvalue weighted by Gasteiger charge is 2.16. The molecule has 102 valence electrons. The van der Waals surface area contributed by atoms with Crippen LogP contribution in [0.15, 0.2) is 73.1 Å². The summed E-state index contributed by atoms with van der Waals surface area (Å²) in [5, 5.41) is 12.9. The van der Waals surface area contributed by atoms with Crippen molar-refractivity contribution in [2.24, 2.45) is 0 Å². The van der Waals surface area contributed by atoms with Crippen LogP contribution in [-0.2, 0) is 0 Å². The standard InChI is InChI=1S/C18H14N2O/c21-18(16-12-20-11-4-3-10-17(20)19-16)15-9-5-7-13-6-1-2-8-14(13)15/h1-12,18,21H. The Balaban J connectivity index is 1.87. The van der Waals surface area contributed by atoms with Crippen molar-refractivity contribution in [2.75, 3.05) is 0 Å². The van der Waals surface area contributed by atoms with Crippen molar-refractivity contribution in [1.82, 2.24) is 9.38 Å². The summed E-state index contributed by atoms with van der Waals surface area (Å²) in [6.07, 6.45) is 3.08. The van der Waals surface area contributed by atoms with Crippen molar-refractivity contribution >= 4 is 16.4 Å². The molecule has 21 heavy (non-hydrogen) atoms. The Morgan fingerprint density at radius 2 is 1.71 bits per heavy atom. The second-order valence-corrected chi connectivity index (χ2v) is 5.10. The molecule has 1 unspecified atom stereocenters. The highest BCUT2D eigenvalue weighted by Crippen LogP contribution is 2.28. The maximum absolute atomic E-state index is 10.7. The van der Waals surface area contributed by atoms with Gasteiger partial charge < -0.3 is 9.51 Å². The Labute approximate surface area is 122 Å². The maximum atomic E-state index is 10.7. The highest BCUT2D eigenvalue weighted by atomic mass is 16.3. The molecule has 1 atom stereocenters. The molecule has 3 nitrogen and oxygen atoms in total. The van der Waals surface area contributed by atoms with Gasteiger partial charge in [0, 0.05) is 12.4 Å². The third-order valence-electron chi connectivity index (χ3n) is 3.78. The van der Waals surface area contributed by atoms with Gasteiger partial charge in [0.1, 0.15) is 11.8 Å². The predicted molar refractivity (Wildman–Crippen MR) is 83.2 cm³/mol. The van der Waals surface area contributed by atoms with Crippen LogP contribution in [0.4, 0.5) is 0 Å². The first-order chi connectivity index (χ1) is 10.3. The van der Waals surface area contributed by atoms with E-state index in [1.807, 2.05) is 65.3 Å². The fraction of sp³-hybridized carbons (Fsp3) is 0.0556. The third kappa shape index (κ3) is 1.99. The van der Waals surface area contributed by atoms with Gasteiger partial charge in [-0.2, -0.15) is 0 Å². The van der Waals surface area contributed by atoms with E-state index in [0.29, 0.717) is 5.69 Å². The van der Waals surface area contributed by atoms with Crippen molar-refractivity contribution in [3.8, 4) is 0 Å². The van der Waals surface area contributed by atoms with Gasteiger partial charge in [-0.05, 0) is 28.5 Å². The Hall–Kier alpha value is -2.65. The lowest BCUT2D eigenvalue weighted by atomic mass is 9.99. The van der Waals surface area contributed by atoms with Crippen LogP contribution in [0.3, 0.4) is 0 Å². The molecular weight excluding hydrogens is 260 g/mol. The van der Waals surface area contributed by atoms with Crippen LogP contribution in [0.2, 0.25) is 0 Å². The monoisotopic (exact) mass is 274 g/mol. The minimum absolute atomic E-state index is 0.664. The summed E-state index contributed by atoms with van der Waals surface area (Å²) in [4.78, 5) is 4.51. The lowest BCUT2D eigenvalue weighted by molar-refractivity contribution is 0.217. The van der Waals surface area contributed by atoms with Gasteiger partial charge in [0.25, 0.3) is 0 Å². The van der Waals surface area contributed by atoms with Crippen LogP contribution < -0.4 is 0 Å². The number of hydrogen-bond donors (Lipinski definition) is 1. The van der Waals surface area contributed by atoms with Crippen LogP contribution in [0, 0.1) is 0 Å². The molecule has 0 saturated carbocycles. The summed E-state index contributed by atoms with van der Waals surface area (Å²) < 4.78 is 1.92. The van der Waals surface area contributed by atoms with Gasteiger partial charge in [0.05, 0.1) is 5.69 Å². The summed E-state index contributed by atoms with van der Waals surface area (Å²) in [5.74, 6) is 0. The Kier molecular flexibility index (Phi) is 2.72. The number of rotatable bonds is 2. The van der Waals surface area contributed by atoms with E-state index < -0.39 is 6.10 Å². The fourth-order valence-corrected chi connectivity index (χ4v) is 2.73. The summed E-state index contributed by atoms with van der Waals surface area (Å²) in [7, 11) is 0. The van der Waals surface area contributed by atoms with Gasteiger partial charge in [0.15, 0.2) is 0 Å². The van der Waals surface area contributed by atoms with E-state index in [0.717, 1.165) is 22.0 Å². The van der Waals surface area contributed by atoms with Crippen molar-refractivity contribution in [3.63, 3.8) is 0 Å². The summed E-state index contributed by atoms with van der Waals surface area (Å²) in [6.45, 7) is 0. The molecule has 2 heterocycles. The van der Waals surface area contributed by atoms with Crippen molar-refractivity contribution < 1.29 is 5.11 Å². The van der Waals surface area contributed by atoms with E-state index in [1.165, 1.54) is 0 Å². The van der Waals surface area contributed by atoms with Crippen LogP contribution in [0.25, 0.3) is 16.4 Å². The van der Waals surface area contributed by atoms with Crippen molar-refractivity contribution in [2.45, 2.75) is 6.10 Å². The van der Waals surface area contributed by atoms with Crippen LogP contribution in [0.1, 0.15) is 17.4 Å². The number of aliphatic hydroxyl groups excluding tert-OH is 1.